The topological polar surface area (TPSA) is 0 Å². The van der Waals surface area contributed by atoms with Crippen LogP contribution < -0.4 is 0 Å². The molecule has 4 unspecified atom stereocenters. The van der Waals surface area contributed by atoms with Crippen molar-refractivity contribution in [2.45, 2.75) is 30.6 Å². The average Bonchev–Trinajstić information content (AvgIpc) is 2.05. The van der Waals surface area contributed by atoms with Crippen LogP contribution in [0.15, 0.2) is 0 Å². The second-order valence-corrected chi connectivity index (χ2v) is 5.64. The molecule has 2 heteroatoms. The molecule has 0 saturated heterocycles. The molecule has 1 aliphatic rings. The summed E-state index contributed by atoms with van der Waals surface area (Å²) in [5.41, 5.74) is 2.03. The molecular formula is C8H17P2. The first-order valence-electron chi connectivity index (χ1n) is 4.04. The Morgan fingerprint density at radius 3 is 2.40 bits per heavy atom. The normalized spacial score (nSPS) is 36.6. The van der Waals surface area contributed by atoms with Crippen LogP contribution in [0.1, 0.15) is 19.3 Å². The van der Waals surface area contributed by atoms with Gasteiger partial charge in [0.15, 0.2) is 0 Å². The molecule has 1 radical (unpaired) electrons. The van der Waals surface area contributed by atoms with Gasteiger partial charge in [-0.1, -0.05) is 0 Å². The molecule has 0 heterocycles. The van der Waals surface area contributed by atoms with Crippen LogP contribution in [0, 0.1) is 6.42 Å². The molecule has 1 aliphatic carbocycles. The van der Waals surface area contributed by atoms with Gasteiger partial charge in [0.05, 0.1) is 0 Å². The Kier molecular flexibility index (Phi) is 4.19. The van der Waals surface area contributed by atoms with Gasteiger partial charge < -0.3 is 0 Å². The molecule has 1 rings (SSSR count). The minimum absolute atomic E-state index is 0.979. The second-order valence-electron chi connectivity index (χ2n) is 2.93. The Morgan fingerprint density at radius 2 is 2.00 bits per heavy atom. The summed E-state index contributed by atoms with van der Waals surface area (Å²) in [6.45, 7) is 4.67. The van der Waals surface area contributed by atoms with Gasteiger partial charge in [0.25, 0.3) is 0 Å². The number of hydrogen-bond donors (Lipinski definition) is 0. The van der Waals surface area contributed by atoms with E-state index in [1.54, 1.807) is 0 Å². The Morgan fingerprint density at radius 1 is 1.20 bits per heavy atom. The van der Waals surface area contributed by atoms with Gasteiger partial charge in [-0.2, -0.15) is 0 Å². The molecule has 0 bridgehead atoms. The molecule has 0 aromatic heterocycles. The highest BCUT2D eigenvalue weighted by Crippen LogP contribution is 2.35. The van der Waals surface area contributed by atoms with Crippen LogP contribution >= 0.6 is 17.2 Å². The van der Waals surface area contributed by atoms with Gasteiger partial charge >= 0.3 is 0 Å². The van der Waals surface area contributed by atoms with Crippen LogP contribution in [-0.4, -0.2) is 24.6 Å². The summed E-state index contributed by atoms with van der Waals surface area (Å²) >= 11 is 0. The van der Waals surface area contributed by atoms with E-state index in [1.165, 1.54) is 27.8 Å². The van der Waals surface area contributed by atoms with Crippen molar-refractivity contribution in [1.29, 1.82) is 0 Å². The van der Waals surface area contributed by atoms with Gasteiger partial charge in [-0.3, -0.25) is 0 Å². The Hall–Kier alpha value is 0.860. The van der Waals surface area contributed by atoms with Crippen molar-refractivity contribution < 1.29 is 0 Å². The largest absolute Gasteiger partial charge is 0.122 e. The number of rotatable bonds is 2. The molecule has 0 nitrogen and oxygen atoms in total. The lowest BCUT2D eigenvalue weighted by Crippen LogP contribution is -2.16. The van der Waals surface area contributed by atoms with Crippen molar-refractivity contribution in [3.63, 3.8) is 0 Å². The van der Waals surface area contributed by atoms with Crippen LogP contribution in [0.5, 0.6) is 0 Å². The molecule has 0 spiro atoms. The molecule has 4 atom stereocenters. The van der Waals surface area contributed by atoms with Crippen molar-refractivity contribution in [1.82, 2.24) is 0 Å². The second kappa shape index (κ2) is 4.68. The van der Waals surface area contributed by atoms with E-state index in [9.17, 15) is 0 Å². The van der Waals surface area contributed by atoms with E-state index in [-0.39, 0.29) is 0 Å². The summed E-state index contributed by atoms with van der Waals surface area (Å²) in [6.07, 6.45) is 6.93. The molecule has 10 heavy (non-hydrogen) atoms. The summed E-state index contributed by atoms with van der Waals surface area (Å²) in [4.78, 5) is 0. The van der Waals surface area contributed by atoms with E-state index in [4.69, 9.17) is 0 Å². The molecule has 59 valence electrons. The van der Waals surface area contributed by atoms with Gasteiger partial charge in [-0.25, -0.2) is 0 Å². The maximum atomic E-state index is 2.56. The monoisotopic (exact) mass is 175 g/mol. The predicted octanol–water partition coefficient (Wildman–Crippen LogP) is 2.73. The molecule has 0 aromatic rings. The lowest BCUT2D eigenvalue weighted by Gasteiger charge is -2.26. The highest BCUT2D eigenvalue weighted by molar-refractivity contribution is 7.38. The van der Waals surface area contributed by atoms with E-state index >= 15 is 0 Å². The third kappa shape index (κ3) is 2.48. The third-order valence-corrected chi connectivity index (χ3v) is 4.92. The summed E-state index contributed by atoms with van der Waals surface area (Å²) < 4.78 is 0. The van der Waals surface area contributed by atoms with Crippen LogP contribution in [0.4, 0.5) is 0 Å². The van der Waals surface area contributed by atoms with E-state index in [0.717, 1.165) is 19.9 Å². The zero-order valence-corrected chi connectivity index (χ0v) is 8.85. The first-order valence-corrected chi connectivity index (χ1v) is 7.20. The summed E-state index contributed by atoms with van der Waals surface area (Å²) in [6, 6.07) is 0. The molecule has 1 saturated carbocycles. The molecule has 1 fully saturated rings. The van der Waals surface area contributed by atoms with Crippen molar-refractivity contribution >= 4 is 17.2 Å². The highest BCUT2D eigenvalue weighted by Gasteiger charge is 2.18. The quantitative estimate of drug-likeness (QED) is 0.566. The van der Waals surface area contributed by atoms with Crippen molar-refractivity contribution in [3.8, 4) is 0 Å². The first-order chi connectivity index (χ1) is 4.86. The average molecular weight is 175 g/mol. The van der Waals surface area contributed by atoms with Gasteiger partial charge in [-0.15, -0.1) is 17.2 Å². The van der Waals surface area contributed by atoms with Crippen molar-refractivity contribution in [3.05, 3.63) is 6.42 Å². The maximum Gasteiger partial charge on any atom is -0.0207 e. The van der Waals surface area contributed by atoms with E-state index in [1.807, 2.05) is 0 Å². The van der Waals surface area contributed by atoms with Gasteiger partial charge in [0.2, 0.25) is 0 Å². The SMILES string of the molecule is CPC1[CH]CC(PC)CC1. The van der Waals surface area contributed by atoms with Gasteiger partial charge in [0, 0.05) is 0 Å². The molecule has 0 aliphatic heterocycles. The molecule has 0 aromatic carbocycles. The fourth-order valence-corrected chi connectivity index (χ4v) is 3.12. The smallest absolute Gasteiger partial charge is 0.0207 e. The minimum atomic E-state index is 0.979. The van der Waals surface area contributed by atoms with Crippen LogP contribution in [-0.2, 0) is 0 Å². The minimum Gasteiger partial charge on any atom is -0.122 e. The van der Waals surface area contributed by atoms with Crippen LogP contribution in [0.3, 0.4) is 0 Å². The third-order valence-electron chi connectivity index (χ3n) is 2.31. The van der Waals surface area contributed by atoms with Crippen molar-refractivity contribution in [2.75, 3.05) is 13.3 Å². The first kappa shape index (κ1) is 8.95. The molecular weight excluding hydrogens is 158 g/mol. The molecule has 0 amide bonds. The van der Waals surface area contributed by atoms with Crippen LogP contribution in [0.2, 0.25) is 0 Å². The maximum absolute atomic E-state index is 2.56. The zero-order valence-electron chi connectivity index (χ0n) is 6.85. The summed E-state index contributed by atoms with van der Waals surface area (Å²) in [7, 11) is 2.32. The van der Waals surface area contributed by atoms with E-state index in [2.05, 4.69) is 19.8 Å². The Balaban J connectivity index is 2.17. The van der Waals surface area contributed by atoms with Gasteiger partial charge in [-0.05, 0) is 50.3 Å². The van der Waals surface area contributed by atoms with E-state index in [0.29, 0.717) is 0 Å². The predicted molar refractivity (Wildman–Crippen MR) is 54.2 cm³/mol. The van der Waals surface area contributed by atoms with Crippen LogP contribution in [0.25, 0.3) is 0 Å². The summed E-state index contributed by atoms with van der Waals surface area (Å²) in [5, 5.41) is 0. The molecule has 0 N–H and O–H groups in total. The Bertz CT molecular complexity index is 73.3. The fourth-order valence-electron chi connectivity index (χ4n) is 1.47. The fraction of sp³-hybridized carbons (Fsp3) is 0.875. The van der Waals surface area contributed by atoms with Gasteiger partial charge in [0.1, 0.15) is 0 Å². The number of hydrogen-bond acceptors (Lipinski definition) is 0. The summed E-state index contributed by atoms with van der Waals surface area (Å²) in [5.74, 6) is 0. The standard InChI is InChI=1S/C8H17P2/c1-9-7-3-5-8(10-2)6-4-7/h3,7-10H,4-6H2,1-2H3. The lowest BCUT2D eigenvalue weighted by molar-refractivity contribution is 0.613. The van der Waals surface area contributed by atoms with E-state index < -0.39 is 0 Å². The highest BCUT2D eigenvalue weighted by atomic mass is 31.1. The zero-order chi connectivity index (χ0) is 7.40. The Labute approximate surface area is 68.1 Å². The lowest BCUT2D eigenvalue weighted by atomic mass is 10.00. The van der Waals surface area contributed by atoms with Crippen molar-refractivity contribution in [2.24, 2.45) is 0 Å².